The van der Waals surface area contributed by atoms with E-state index in [1.165, 1.54) is 5.56 Å². The van der Waals surface area contributed by atoms with Crippen LogP contribution in [0.5, 0.6) is 0 Å². The molecule has 0 aromatic heterocycles. The van der Waals surface area contributed by atoms with Gasteiger partial charge in [-0.1, -0.05) is 61.5 Å². The number of allylic oxidation sites excluding steroid dienone is 3. The molecule has 3 N–H and O–H groups in total. The average Bonchev–Trinajstić information content (AvgIpc) is 3.00. The molecule has 0 saturated carbocycles. The number of nitrogens with zero attached hydrogens (tertiary/aromatic N) is 3. The monoisotopic (exact) mass is 544 g/mol. The minimum absolute atomic E-state index is 0.00833. The normalized spacial score (nSPS) is 15.0. The fourth-order valence-electron chi connectivity index (χ4n) is 5.00. The van der Waals surface area contributed by atoms with Crippen LogP contribution in [0.15, 0.2) is 119 Å². The van der Waals surface area contributed by atoms with Gasteiger partial charge in [0.1, 0.15) is 0 Å². The Morgan fingerprint density at radius 2 is 1.44 bits per heavy atom. The van der Waals surface area contributed by atoms with Crippen molar-refractivity contribution in [1.82, 2.24) is 4.90 Å². The van der Waals surface area contributed by atoms with E-state index in [0.29, 0.717) is 13.1 Å². The van der Waals surface area contributed by atoms with Crippen molar-refractivity contribution in [2.45, 2.75) is 20.3 Å². The topological polar surface area (TPSA) is 80.5 Å². The fraction of sp³-hybridized carbons (Fsp3) is 0.200. The first-order valence-corrected chi connectivity index (χ1v) is 14.1. The highest BCUT2D eigenvalue weighted by Gasteiger charge is 2.17. The van der Waals surface area contributed by atoms with Crippen LogP contribution in [0.3, 0.4) is 0 Å². The van der Waals surface area contributed by atoms with E-state index in [1.54, 1.807) is 0 Å². The molecule has 0 heterocycles. The van der Waals surface area contributed by atoms with Gasteiger partial charge in [0.15, 0.2) is 0 Å². The van der Waals surface area contributed by atoms with E-state index in [9.17, 15) is 10.2 Å². The Labute approximate surface area is 241 Å². The molecule has 5 rings (SSSR count). The quantitative estimate of drug-likeness (QED) is 0.187. The fourth-order valence-corrected chi connectivity index (χ4v) is 5.00. The molecular formula is C35H36N4O2. The molecular weight excluding hydrogens is 508 g/mol. The lowest BCUT2D eigenvalue weighted by Crippen LogP contribution is -2.31. The first-order valence-electron chi connectivity index (χ1n) is 14.1. The zero-order valence-corrected chi connectivity index (χ0v) is 23.6. The SMILES string of the molecule is CCc1ccc(Nc2cc(C)c(/N=C3/C=CC(N(CCO)CCO)=C/C3=N\c3ccccc3)c3ccccc23)cc1. The molecule has 0 saturated heterocycles. The summed E-state index contributed by atoms with van der Waals surface area (Å²) in [5.41, 5.74) is 8.50. The molecule has 6 heteroatoms. The van der Waals surface area contributed by atoms with Crippen molar-refractivity contribution >= 4 is 44.9 Å². The zero-order valence-electron chi connectivity index (χ0n) is 23.6. The van der Waals surface area contributed by atoms with E-state index in [4.69, 9.17) is 9.98 Å². The van der Waals surface area contributed by atoms with Crippen LogP contribution in [-0.4, -0.2) is 52.8 Å². The van der Waals surface area contributed by atoms with Crippen molar-refractivity contribution in [1.29, 1.82) is 0 Å². The van der Waals surface area contributed by atoms with Crippen LogP contribution in [0.2, 0.25) is 0 Å². The summed E-state index contributed by atoms with van der Waals surface area (Å²) in [5, 5.41) is 24.9. The Morgan fingerprint density at radius 3 is 2.12 bits per heavy atom. The third-order valence-electron chi connectivity index (χ3n) is 7.15. The lowest BCUT2D eigenvalue weighted by atomic mass is 10.0. The summed E-state index contributed by atoms with van der Waals surface area (Å²) in [6.07, 6.45) is 6.93. The third kappa shape index (κ3) is 6.62. The number of benzene rings is 4. The molecule has 6 nitrogen and oxygen atoms in total. The summed E-state index contributed by atoms with van der Waals surface area (Å²) >= 11 is 0. The molecule has 0 spiro atoms. The number of aliphatic hydroxyl groups excluding tert-OH is 2. The minimum Gasteiger partial charge on any atom is -0.395 e. The van der Waals surface area contributed by atoms with Crippen LogP contribution in [0.4, 0.5) is 22.7 Å². The number of hydrogen-bond acceptors (Lipinski definition) is 6. The molecule has 0 bridgehead atoms. The van der Waals surface area contributed by atoms with Crippen molar-refractivity contribution in [3.05, 3.63) is 120 Å². The Hall–Kier alpha value is -4.52. The number of aliphatic hydroxyl groups is 2. The lowest BCUT2D eigenvalue weighted by molar-refractivity contribution is 0.192. The van der Waals surface area contributed by atoms with Gasteiger partial charge < -0.3 is 20.4 Å². The van der Waals surface area contributed by atoms with E-state index in [2.05, 4.69) is 67.7 Å². The van der Waals surface area contributed by atoms with E-state index >= 15 is 0 Å². The molecule has 4 aromatic rings. The lowest BCUT2D eigenvalue weighted by Gasteiger charge is -2.26. The maximum absolute atomic E-state index is 9.58. The molecule has 4 aromatic carbocycles. The number of nitrogens with one attached hydrogen (secondary N) is 1. The summed E-state index contributed by atoms with van der Waals surface area (Å²) in [7, 11) is 0. The van der Waals surface area contributed by atoms with Gasteiger partial charge in [0.2, 0.25) is 0 Å². The number of anilines is 2. The van der Waals surface area contributed by atoms with Crippen LogP contribution in [0.25, 0.3) is 10.8 Å². The van der Waals surface area contributed by atoms with Gasteiger partial charge in [0.25, 0.3) is 0 Å². The molecule has 0 amide bonds. The molecule has 41 heavy (non-hydrogen) atoms. The maximum Gasteiger partial charge on any atom is 0.0914 e. The van der Waals surface area contributed by atoms with Crippen molar-refractivity contribution in [3.8, 4) is 0 Å². The van der Waals surface area contributed by atoms with Crippen molar-refractivity contribution in [3.63, 3.8) is 0 Å². The number of para-hydroxylation sites is 1. The summed E-state index contributed by atoms with van der Waals surface area (Å²) < 4.78 is 0. The highest BCUT2D eigenvalue weighted by molar-refractivity contribution is 6.52. The number of rotatable bonds is 10. The zero-order chi connectivity index (χ0) is 28.6. The van der Waals surface area contributed by atoms with Gasteiger partial charge in [-0.15, -0.1) is 0 Å². The Kier molecular flexibility index (Phi) is 9.04. The number of hydrogen-bond donors (Lipinski definition) is 3. The van der Waals surface area contributed by atoms with E-state index in [1.807, 2.05) is 59.5 Å². The molecule has 0 radical (unpaired) electrons. The highest BCUT2D eigenvalue weighted by Crippen LogP contribution is 2.37. The van der Waals surface area contributed by atoms with Gasteiger partial charge in [-0.2, -0.15) is 0 Å². The second-order valence-electron chi connectivity index (χ2n) is 9.98. The highest BCUT2D eigenvalue weighted by atomic mass is 16.3. The van der Waals surface area contributed by atoms with Gasteiger partial charge in [0, 0.05) is 40.9 Å². The van der Waals surface area contributed by atoms with Gasteiger partial charge >= 0.3 is 0 Å². The molecule has 1 aliphatic carbocycles. The Balaban J connectivity index is 1.58. The average molecular weight is 545 g/mol. The summed E-state index contributed by atoms with van der Waals surface area (Å²) in [6.45, 7) is 5.07. The van der Waals surface area contributed by atoms with Gasteiger partial charge in [-0.25, -0.2) is 9.98 Å². The van der Waals surface area contributed by atoms with Crippen LogP contribution >= 0.6 is 0 Å². The molecule has 0 aliphatic heterocycles. The van der Waals surface area contributed by atoms with Gasteiger partial charge in [0.05, 0.1) is 36.0 Å². The summed E-state index contributed by atoms with van der Waals surface area (Å²) in [4.78, 5) is 12.1. The number of aliphatic imine (C=N–C) groups is 2. The van der Waals surface area contributed by atoms with Gasteiger partial charge in [-0.3, -0.25) is 0 Å². The number of fused-ring (bicyclic) bond motifs is 1. The van der Waals surface area contributed by atoms with E-state index in [0.717, 1.165) is 62.6 Å². The first kappa shape index (κ1) is 28.0. The second kappa shape index (κ2) is 13.2. The van der Waals surface area contributed by atoms with Crippen molar-refractivity contribution in [2.24, 2.45) is 9.98 Å². The minimum atomic E-state index is -0.00833. The molecule has 208 valence electrons. The van der Waals surface area contributed by atoms with Crippen molar-refractivity contribution < 1.29 is 10.2 Å². The largest absolute Gasteiger partial charge is 0.395 e. The predicted molar refractivity (Wildman–Crippen MR) is 171 cm³/mol. The van der Waals surface area contributed by atoms with E-state index < -0.39 is 0 Å². The van der Waals surface area contributed by atoms with Gasteiger partial charge in [-0.05, 0) is 73.0 Å². The van der Waals surface area contributed by atoms with Crippen LogP contribution in [0.1, 0.15) is 18.1 Å². The van der Waals surface area contributed by atoms with Crippen molar-refractivity contribution in [2.75, 3.05) is 31.6 Å². The Bertz CT molecular complexity index is 1610. The summed E-state index contributed by atoms with van der Waals surface area (Å²) in [6, 6.07) is 28.9. The summed E-state index contributed by atoms with van der Waals surface area (Å²) in [5.74, 6) is 0. The smallest absolute Gasteiger partial charge is 0.0914 e. The molecule has 1 aliphatic rings. The standard InChI is InChI=1S/C35H36N4O2/c1-3-26-13-15-28(16-14-26)36-33-23-25(2)35(31-12-8-7-11-30(31)33)38-32-18-17-29(39(19-21-40)20-22-41)24-34(32)37-27-9-5-4-6-10-27/h4-18,23-24,36,40-41H,3,19-22H2,1-2H3/b37-34+,38-32-. The second-order valence-corrected chi connectivity index (χ2v) is 9.98. The molecule has 0 unspecified atom stereocenters. The predicted octanol–water partition coefficient (Wildman–Crippen LogP) is 7.04. The Morgan fingerprint density at radius 1 is 0.756 bits per heavy atom. The van der Waals surface area contributed by atoms with Crippen LogP contribution in [0, 0.1) is 6.92 Å². The van der Waals surface area contributed by atoms with Crippen LogP contribution in [-0.2, 0) is 6.42 Å². The number of aryl methyl sites for hydroxylation is 2. The maximum atomic E-state index is 9.58. The molecule has 0 atom stereocenters. The third-order valence-corrected chi connectivity index (χ3v) is 7.15. The first-order chi connectivity index (χ1) is 20.1. The van der Waals surface area contributed by atoms with Crippen LogP contribution < -0.4 is 5.32 Å². The van der Waals surface area contributed by atoms with E-state index in [-0.39, 0.29) is 13.2 Å². The molecule has 0 fully saturated rings.